The van der Waals surface area contributed by atoms with Gasteiger partial charge in [0, 0.05) is 49.3 Å². The molecule has 31 heavy (non-hydrogen) atoms. The van der Waals surface area contributed by atoms with Crippen molar-refractivity contribution in [2.75, 3.05) is 0 Å². The minimum atomic E-state index is -2.46. The van der Waals surface area contributed by atoms with E-state index in [0.717, 1.165) is 22.8 Å². The first-order valence-electron chi connectivity index (χ1n) is 9.56. The highest BCUT2D eigenvalue weighted by atomic mass is 28.3. The Morgan fingerprint density at radius 1 is 0.677 bits per heavy atom. The van der Waals surface area contributed by atoms with E-state index < -0.39 is 31.3 Å². The maximum Gasteiger partial charge on any atom is 0.162 e. The van der Waals surface area contributed by atoms with Crippen LogP contribution in [0.3, 0.4) is 0 Å². The van der Waals surface area contributed by atoms with Crippen molar-refractivity contribution in [1.29, 1.82) is 0 Å². The summed E-state index contributed by atoms with van der Waals surface area (Å²) in [5, 5.41) is 1.50. The number of nitrogens with zero attached hydrogens (tertiary/aromatic N) is 4. The lowest BCUT2D eigenvalue weighted by molar-refractivity contribution is 0.583. The molecule has 0 fully saturated rings. The van der Waals surface area contributed by atoms with Crippen LogP contribution in [0.1, 0.15) is 0 Å². The molecule has 4 rings (SSSR count). The van der Waals surface area contributed by atoms with Crippen LogP contribution in [0, 0.1) is 23.3 Å². The maximum atomic E-state index is 14.3. The van der Waals surface area contributed by atoms with Crippen LogP contribution < -0.4 is 10.6 Å². The summed E-state index contributed by atoms with van der Waals surface area (Å²) in [5.41, 5.74) is 0.407. The van der Waals surface area contributed by atoms with Crippen molar-refractivity contribution in [3.8, 4) is 22.8 Å². The van der Waals surface area contributed by atoms with Gasteiger partial charge in [0.1, 0.15) is 34.9 Å². The molecule has 9 heteroatoms. The van der Waals surface area contributed by atoms with Crippen LogP contribution in [0.25, 0.3) is 22.8 Å². The number of benzene rings is 2. The van der Waals surface area contributed by atoms with Gasteiger partial charge in [-0.3, -0.25) is 0 Å². The molecular formula is C22H20F4N4Si. The quantitative estimate of drug-likeness (QED) is 0.354. The van der Waals surface area contributed by atoms with E-state index in [1.54, 1.807) is 23.2 Å². The number of hydrogen-bond acceptors (Lipinski definition) is 2. The second-order valence-electron chi connectivity index (χ2n) is 7.99. The zero-order chi connectivity index (χ0) is 22.5. The Bertz CT molecular complexity index is 1200. The molecule has 4 aromatic rings. The zero-order valence-electron chi connectivity index (χ0n) is 17.4. The summed E-state index contributed by atoms with van der Waals surface area (Å²) >= 11 is 0. The smallest absolute Gasteiger partial charge is 0.162 e. The summed E-state index contributed by atoms with van der Waals surface area (Å²) in [7, 11) is 1.04. The van der Waals surface area contributed by atoms with Crippen molar-refractivity contribution < 1.29 is 17.6 Å². The van der Waals surface area contributed by atoms with Crippen molar-refractivity contribution >= 4 is 18.7 Å². The van der Waals surface area contributed by atoms with Gasteiger partial charge in [-0.15, -0.1) is 0 Å². The Balaban J connectivity index is 1.76. The molecule has 2 aromatic heterocycles. The van der Waals surface area contributed by atoms with Crippen LogP contribution in [-0.2, 0) is 14.1 Å². The van der Waals surface area contributed by atoms with Crippen molar-refractivity contribution in [3.05, 3.63) is 72.1 Å². The normalized spacial score (nSPS) is 11.9. The van der Waals surface area contributed by atoms with Crippen LogP contribution in [0.5, 0.6) is 0 Å². The molecule has 0 saturated heterocycles. The van der Waals surface area contributed by atoms with Gasteiger partial charge in [-0.1, -0.05) is 13.1 Å². The molecule has 0 radical (unpaired) electrons. The lowest BCUT2D eigenvalue weighted by Gasteiger charge is -2.16. The topological polar surface area (TPSA) is 35.6 Å². The summed E-state index contributed by atoms with van der Waals surface area (Å²) < 4.78 is 58.6. The van der Waals surface area contributed by atoms with E-state index in [4.69, 9.17) is 0 Å². The van der Waals surface area contributed by atoms with E-state index in [1.807, 2.05) is 25.5 Å². The van der Waals surface area contributed by atoms with Gasteiger partial charge < -0.3 is 9.13 Å². The molecule has 0 N–H and O–H groups in total. The molecule has 0 spiro atoms. The average molecular weight is 445 g/mol. The monoisotopic (exact) mass is 444 g/mol. The van der Waals surface area contributed by atoms with E-state index in [0.29, 0.717) is 11.6 Å². The predicted molar refractivity (Wildman–Crippen MR) is 114 cm³/mol. The van der Waals surface area contributed by atoms with Crippen molar-refractivity contribution in [1.82, 2.24) is 19.1 Å². The first-order chi connectivity index (χ1) is 14.6. The summed E-state index contributed by atoms with van der Waals surface area (Å²) in [4.78, 5) is 9.30. The largest absolute Gasteiger partial charge is 0.334 e. The molecule has 0 aliphatic carbocycles. The maximum absolute atomic E-state index is 14.3. The summed E-state index contributed by atoms with van der Waals surface area (Å²) in [5.74, 6) is -1.92. The SMILES string of the molecule is Cn1cc([Si](C)(C)c2cn(C)c(-c3ccc(F)cc3F)n2)nc1-c1ccc(F)cc1F. The van der Waals surface area contributed by atoms with Gasteiger partial charge in [-0.25, -0.2) is 27.5 Å². The van der Waals surface area contributed by atoms with Gasteiger partial charge in [0.25, 0.3) is 0 Å². The van der Waals surface area contributed by atoms with E-state index in [2.05, 4.69) is 9.97 Å². The summed E-state index contributed by atoms with van der Waals surface area (Å²) in [6.07, 6.45) is 3.63. The number of aromatic nitrogens is 4. The van der Waals surface area contributed by atoms with Gasteiger partial charge in [-0.05, 0) is 24.3 Å². The molecule has 0 aliphatic rings. The van der Waals surface area contributed by atoms with Gasteiger partial charge in [0.05, 0.1) is 11.1 Å². The standard InChI is InChI=1S/C22H20F4N4Si/c1-29-11-19(27-21(29)15-7-5-13(23)9-17(15)25)31(3,4)20-12-30(2)22(28-20)16-8-6-14(24)10-18(16)26/h5-12H,1-4H3. The molecular weight excluding hydrogens is 424 g/mol. The highest BCUT2D eigenvalue weighted by molar-refractivity contribution is 6.99. The van der Waals surface area contributed by atoms with Gasteiger partial charge in [-0.2, -0.15) is 0 Å². The van der Waals surface area contributed by atoms with Gasteiger partial charge in [0.2, 0.25) is 0 Å². The predicted octanol–water partition coefficient (Wildman–Crippen LogP) is 3.87. The number of aryl methyl sites for hydroxylation is 2. The molecule has 0 bridgehead atoms. The minimum Gasteiger partial charge on any atom is -0.334 e. The molecule has 4 nitrogen and oxygen atoms in total. The molecule has 160 valence electrons. The number of halogens is 4. The minimum absolute atomic E-state index is 0.204. The Morgan fingerprint density at radius 2 is 1.06 bits per heavy atom. The third kappa shape index (κ3) is 3.69. The van der Waals surface area contributed by atoms with E-state index in [9.17, 15) is 17.6 Å². The molecule has 0 atom stereocenters. The van der Waals surface area contributed by atoms with Crippen LogP contribution in [0.4, 0.5) is 17.6 Å². The Morgan fingerprint density at radius 3 is 1.42 bits per heavy atom. The fourth-order valence-electron chi connectivity index (χ4n) is 3.51. The first-order valence-corrected chi connectivity index (χ1v) is 12.6. The molecule has 2 aromatic carbocycles. The highest BCUT2D eigenvalue weighted by Gasteiger charge is 2.34. The molecule has 0 saturated carbocycles. The fourth-order valence-corrected chi connectivity index (χ4v) is 5.57. The fraction of sp³-hybridized carbons (Fsp3) is 0.182. The Labute approximate surface area is 177 Å². The number of imidazole rings is 2. The number of rotatable bonds is 4. The highest BCUT2D eigenvalue weighted by Crippen LogP contribution is 2.23. The average Bonchev–Trinajstić information content (AvgIpc) is 3.26. The van der Waals surface area contributed by atoms with Crippen molar-refractivity contribution in [2.24, 2.45) is 14.1 Å². The third-order valence-corrected chi connectivity index (χ3v) is 8.42. The van der Waals surface area contributed by atoms with Gasteiger partial charge >= 0.3 is 0 Å². The van der Waals surface area contributed by atoms with Crippen LogP contribution in [-0.4, -0.2) is 27.2 Å². The van der Waals surface area contributed by atoms with Crippen LogP contribution >= 0.6 is 0 Å². The zero-order valence-corrected chi connectivity index (χ0v) is 18.4. The second-order valence-corrected chi connectivity index (χ2v) is 12.3. The third-order valence-electron chi connectivity index (χ3n) is 5.38. The van der Waals surface area contributed by atoms with Crippen LogP contribution in [0.2, 0.25) is 13.1 Å². The molecule has 2 heterocycles. The van der Waals surface area contributed by atoms with E-state index in [1.165, 1.54) is 24.3 Å². The Hall–Kier alpha value is -3.20. The van der Waals surface area contributed by atoms with Crippen molar-refractivity contribution in [2.45, 2.75) is 13.1 Å². The van der Waals surface area contributed by atoms with Gasteiger partial charge in [0.15, 0.2) is 8.07 Å². The van der Waals surface area contributed by atoms with E-state index in [-0.39, 0.29) is 11.1 Å². The lowest BCUT2D eigenvalue weighted by Crippen LogP contribution is -2.54. The van der Waals surface area contributed by atoms with E-state index >= 15 is 0 Å². The molecule has 0 amide bonds. The second kappa shape index (κ2) is 7.49. The first kappa shape index (κ1) is 21.0. The van der Waals surface area contributed by atoms with Crippen LogP contribution in [0.15, 0.2) is 48.8 Å². The summed E-state index contributed by atoms with van der Waals surface area (Å²) in [6.45, 7) is 4.07. The molecule has 0 aliphatic heterocycles. The number of hydrogen-bond donors (Lipinski definition) is 0. The Kier molecular flexibility index (Phi) is 5.08. The lowest BCUT2D eigenvalue weighted by atomic mass is 10.2. The van der Waals surface area contributed by atoms with Crippen molar-refractivity contribution in [3.63, 3.8) is 0 Å². The summed E-state index contributed by atoms with van der Waals surface area (Å²) in [6, 6.07) is 6.77. The molecule has 0 unspecified atom stereocenters.